The van der Waals surface area contributed by atoms with Gasteiger partial charge in [-0.25, -0.2) is 19.5 Å². The first-order valence-corrected chi connectivity index (χ1v) is 10.9. The molecule has 0 radical (unpaired) electrons. The van der Waals surface area contributed by atoms with Crippen LogP contribution in [-0.4, -0.2) is 50.7 Å². The molecule has 5 aromatic rings. The average molecular weight is 422 g/mol. The van der Waals surface area contributed by atoms with Crippen molar-refractivity contribution in [2.45, 2.75) is 6.92 Å². The lowest BCUT2D eigenvalue weighted by Crippen LogP contribution is -2.43. The molecule has 1 N–H and O–H groups in total. The summed E-state index contributed by atoms with van der Waals surface area (Å²) in [6.45, 7) is 6.19. The van der Waals surface area contributed by atoms with Gasteiger partial charge in [-0.15, -0.1) is 0 Å². The van der Waals surface area contributed by atoms with Crippen LogP contribution < -0.4 is 10.2 Å². The van der Waals surface area contributed by atoms with E-state index in [9.17, 15) is 0 Å². The summed E-state index contributed by atoms with van der Waals surface area (Å²) >= 11 is 0. The molecule has 1 fully saturated rings. The third-order valence-corrected chi connectivity index (χ3v) is 6.06. The number of hydrogen-bond acceptors (Lipinski definition) is 6. The third kappa shape index (κ3) is 3.27. The molecule has 0 bridgehead atoms. The van der Waals surface area contributed by atoms with Gasteiger partial charge in [0, 0.05) is 49.0 Å². The minimum absolute atomic E-state index is 0.720. The molecule has 6 rings (SSSR count). The zero-order valence-electron chi connectivity index (χ0n) is 17.9. The minimum Gasteiger partial charge on any atom is -0.369 e. The van der Waals surface area contributed by atoms with Crippen LogP contribution in [0.15, 0.2) is 67.0 Å². The van der Waals surface area contributed by atoms with Crippen LogP contribution in [0.2, 0.25) is 0 Å². The van der Waals surface area contributed by atoms with Crippen LogP contribution in [0.1, 0.15) is 5.69 Å². The van der Waals surface area contributed by atoms with Gasteiger partial charge < -0.3 is 10.2 Å². The highest BCUT2D eigenvalue weighted by Gasteiger charge is 2.14. The summed E-state index contributed by atoms with van der Waals surface area (Å²) < 4.78 is 1.87. The van der Waals surface area contributed by atoms with E-state index in [0.29, 0.717) is 0 Å². The maximum Gasteiger partial charge on any atom is 0.159 e. The summed E-state index contributed by atoms with van der Waals surface area (Å²) in [6, 6.07) is 18.8. The molecule has 32 heavy (non-hydrogen) atoms. The van der Waals surface area contributed by atoms with Crippen molar-refractivity contribution in [3.05, 3.63) is 72.7 Å². The van der Waals surface area contributed by atoms with Gasteiger partial charge >= 0.3 is 0 Å². The van der Waals surface area contributed by atoms with E-state index in [1.54, 1.807) is 6.20 Å². The van der Waals surface area contributed by atoms with Crippen LogP contribution in [0, 0.1) is 6.92 Å². The van der Waals surface area contributed by atoms with Crippen LogP contribution >= 0.6 is 0 Å². The fourth-order valence-corrected chi connectivity index (χ4v) is 4.34. The molecule has 1 aliphatic rings. The smallest absolute Gasteiger partial charge is 0.159 e. The number of hydrogen-bond donors (Lipinski definition) is 1. The van der Waals surface area contributed by atoms with Gasteiger partial charge in [0.1, 0.15) is 5.69 Å². The van der Waals surface area contributed by atoms with Crippen LogP contribution in [0.5, 0.6) is 0 Å². The normalized spacial score (nSPS) is 14.3. The molecular formula is C25H23N7. The van der Waals surface area contributed by atoms with Crippen molar-refractivity contribution in [3.8, 4) is 22.5 Å². The van der Waals surface area contributed by atoms with Crippen molar-refractivity contribution in [2.75, 3.05) is 31.1 Å². The second-order valence-electron chi connectivity index (χ2n) is 8.09. The monoisotopic (exact) mass is 421 g/mol. The molecule has 0 spiro atoms. The summed E-state index contributed by atoms with van der Waals surface area (Å²) in [4.78, 5) is 16.1. The fourth-order valence-electron chi connectivity index (χ4n) is 4.34. The number of nitrogens with zero attached hydrogens (tertiary/aromatic N) is 6. The molecule has 4 aromatic heterocycles. The molecule has 0 atom stereocenters. The summed E-state index contributed by atoms with van der Waals surface area (Å²) in [7, 11) is 0. The molecule has 7 nitrogen and oxygen atoms in total. The van der Waals surface area contributed by atoms with Gasteiger partial charge in [-0.2, -0.15) is 5.10 Å². The SMILES string of the molecule is Cc1nn2c(-c3ccc4cccnc4n3)cnc2cc1-c1ccc(N2CCNCC2)cc1. The van der Waals surface area contributed by atoms with Crippen molar-refractivity contribution in [2.24, 2.45) is 0 Å². The average Bonchev–Trinajstić information content (AvgIpc) is 3.26. The van der Waals surface area contributed by atoms with E-state index in [1.165, 1.54) is 5.69 Å². The predicted octanol–water partition coefficient (Wildman–Crippen LogP) is 3.72. The van der Waals surface area contributed by atoms with E-state index in [2.05, 4.69) is 50.5 Å². The van der Waals surface area contributed by atoms with E-state index in [1.807, 2.05) is 41.9 Å². The Hall–Kier alpha value is -3.84. The molecule has 158 valence electrons. The van der Waals surface area contributed by atoms with Crippen LogP contribution in [-0.2, 0) is 0 Å². The second kappa shape index (κ2) is 7.69. The van der Waals surface area contributed by atoms with Gasteiger partial charge in [0.15, 0.2) is 11.3 Å². The molecule has 0 unspecified atom stereocenters. The van der Waals surface area contributed by atoms with E-state index >= 15 is 0 Å². The van der Waals surface area contributed by atoms with Gasteiger partial charge in [0.05, 0.1) is 17.6 Å². The summed E-state index contributed by atoms with van der Waals surface area (Å²) in [5.74, 6) is 0. The summed E-state index contributed by atoms with van der Waals surface area (Å²) in [5.41, 5.74) is 7.64. The first kappa shape index (κ1) is 18.9. The standard InChI is InChI=1S/C25H23N7/c1-17-21(18-4-7-20(8-5-18)31-13-11-26-12-14-31)15-24-28-16-23(32(24)30-17)22-9-6-19-3-2-10-27-25(19)29-22/h2-10,15-16,26H,11-14H2,1H3. The molecule has 1 saturated heterocycles. The van der Waals surface area contributed by atoms with Crippen molar-refractivity contribution >= 4 is 22.4 Å². The quantitative estimate of drug-likeness (QED) is 0.479. The molecule has 0 saturated carbocycles. The number of pyridine rings is 2. The van der Waals surface area contributed by atoms with Crippen molar-refractivity contribution in [1.29, 1.82) is 0 Å². The zero-order chi connectivity index (χ0) is 21.5. The summed E-state index contributed by atoms with van der Waals surface area (Å²) in [6.07, 6.45) is 3.59. The Bertz CT molecular complexity index is 1420. The number of imidazole rings is 1. The Labute approximate surface area is 185 Å². The lowest BCUT2D eigenvalue weighted by atomic mass is 10.0. The Balaban J connectivity index is 1.36. The van der Waals surface area contributed by atoms with Crippen LogP contribution in [0.25, 0.3) is 39.2 Å². The highest BCUT2D eigenvalue weighted by atomic mass is 15.3. The van der Waals surface area contributed by atoms with Gasteiger partial charge in [-0.3, -0.25) is 0 Å². The molecule has 1 aliphatic heterocycles. The molecule has 7 heteroatoms. The highest BCUT2D eigenvalue weighted by Crippen LogP contribution is 2.28. The molecule has 5 heterocycles. The van der Waals surface area contributed by atoms with Crippen molar-refractivity contribution in [3.63, 3.8) is 0 Å². The van der Waals surface area contributed by atoms with Gasteiger partial charge in [-0.05, 0) is 55.0 Å². The number of aromatic nitrogens is 5. The largest absolute Gasteiger partial charge is 0.369 e. The van der Waals surface area contributed by atoms with Crippen molar-refractivity contribution < 1.29 is 0 Å². The molecular weight excluding hydrogens is 398 g/mol. The van der Waals surface area contributed by atoms with E-state index in [0.717, 1.165) is 71.1 Å². The minimum atomic E-state index is 0.720. The number of rotatable bonds is 3. The van der Waals surface area contributed by atoms with Gasteiger partial charge in [0.2, 0.25) is 0 Å². The topological polar surface area (TPSA) is 71.2 Å². The molecule has 1 aromatic carbocycles. The molecule has 0 amide bonds. The van der Waals surface area contributed by atoms with E-state index < -0.39 is 0 Å². The summed E-state index contributed by atoms with van der Waals surface area (Å²) in [5, 5.41) is 9.27. The van der Waals surface area contributed by atoms with E-state index in [-0.39, 0.29) is 0 Å². The Morgan fingerprint density at radius 2 is 1.78 bits per heavy atom. The highest BCUT2D eigenvalue weighted by molar-refractivity contribution is 5.78. The predicted molar refractivity (Wildman–Crippen MR) is 127 cm³/mol. The second-order valence-corrected chi connectivity index (χ2v) is 8.09. The van der Waals surface area contributed by atoms with Gasteiger partial charge in [0.25, 0.3) is 0 Å². The maximum atomic E-state index is 4.86. The fraction of sp³-hybridized carbons (Fsp3) is 0.200. The molecule has 0 aliphatic carbocycles. The third-order valence-electron chi connectivity index (χ3n) is 6.06. The number of fused-ring (bicyclic) bond motifs is 2. The van der Waals surface area contributed by atoms with Crippen molar-refractivity contribution in [1.82, 2.24) is 29.9 Å². The number of piperazine rings is 1. The van der Waals surface area contributed by atoms with Gasteiger partial charge in [-0.1, -0.05) is 12.1 Å². The number of aryl methyl sites for hydroxylation is 1. The lowest BCUT2D eigenvalue weighted by molar-refractivity contribution is 0.589. The Morgan fingerprint density at radius 1 is 0.938 bits per heavy atom. The number of benzene rings is 1. The Morgan fingerprint density at radius 3 is 2.62 bits per heavy atom. The van der Waals surface area contributed by atoms with E-state index in [4.69, 9.17) is 10.1 Å². The lowest BCUT2D eigenvalue weighted by Gasteiger charge is -2.29. The first-order valence-electron chi connectivity index (χ1n) is 10.9. The van der Waals surface area contributed by atoms with Crippen LogP contribution in [0.4, 0.5) is 5.69 Å². The number of anilines is 1. The number of nitrogens with one attached hydrogen (secondary N) is 1. The Kier molecular flexibility index (Phi) is 4.54. The zero-order valence-corrected chi connectivity index (χ0v) is 17.9. The first-order chi connectivity index (χ1) is 15.8. The maximum absolute atomic E-state index is 4.86. The van der Waals surface area contributed by atoms with Crippen LogP contribution in [0.3, 0.4) is 0 Å².